The number of aromatic nitrogens is 3. The summed E-state index contributed by atoms with van der Waals surface area (Å²) in [6, 6.07) is 21.4. The van der Waals surface area contributed by atoms with Gasteiger partial charge in [0.15, 0.2) is 12.4 Å². The van der Waals surface area contributed by atoms with Crippen LogP contribution in [0.4, 0.5) is 5.82 Å². The second-order valence-electron chi connectivity index (χ2n) is 7.18. The molecular formula is C24H24N4O2. The van der Waals surface area contributed by atoms with Crippen LogP contribution in [0.5, 0.6) is 5.75 Å². The van der Waals surface area contributed by atoms with E-state index in [0.717, 1.165) is 29.4 Å². The van der Waals surface area contributed by atoms with Gasteiger partial charge < -0.3 is 10.1 Å². The molecule has 4 aromatic rings. The van der Waals surface area contributed by atoms with Crippen molar-refractivity contribution >= 4 is 22.6 Å². The van der Waals surface area contributed by atoms with Crippen LogP contribution in [0, 0.1) is 6.92 Å². The molecule has 0 bridgehead atoms. The number of benzene rings is 2. The predicted molar refractivity (Wildman–Crippen MR) is 118 cm³/mol. The molecular weight excluding hydrogens is 376 g/mol. The van der Waals surface area contributed by atoms with Crippen LogP contribution in [-0.2, 0) is 11.2 Å². The van der Waals surface area contributed by atoms with Crippen molar-refractivity contribution in [3.8, 4) is 11.6 Å². The smallest absolute Gasteiger partial charge is 0.263 e. The predicted octanol–water partition coefficient (Wildman–Crippen LogP) is 4.70. The van der Waals surface area contributed by atoms with Crippen LogP contribution < -0.4 is 10.1 Å². The molecule has 1 amide bonds. The topological polar surface area (TPSA) is 69.0 Å². The van der Waals surface area contributed by atoms with Crippen LogP contribution in [0.25, 0.3) is 16.7 Å². The lowest BCUT2D eigenvalue weighted by Gasteiger charge is -2.10. The van der Waals surface area contributed by atoms with Crippen molar-refractivity contribution < 1.29 is 9.53 Å². The van der Waals surface area contributed by atoms with Gasteiger partial charge in [0, 0.05) is 11.5 Å². The van der Waals surface area contributed by atoms with Crippen molar-refractivity contribution in [2.24, 2.45) is 0 Å². The summed E-state index contributed by atoms with van der Waals surface area (Å²) in [5.41, 5.74) is 2.92. The lowest BCUT2D eigenvalue weighted by molar-refractivity contribution is -0.118. The number of carbonyl (C=O) groups excluding carboxylic acids is 1. The summed E-state index contributed by atoms with van der Waals surface area (Å²) in [5, 5.41) is 8.41. The van der Waals surface area contributed by atoms with Crippen LogP contribution in [0.2, 0.25) is 0 Å². The lowest BCUT2D eigenvalue weighted by atomic mass is 10.1. The zero-order valence-corrected chi connectivity index (χ0v) is 17.1. The Morgan fingerprint density at radius 2 is 1.87 bits per heavy atom. The molecule has 0 aliphatic carbocycles. The number of para-hydroxylation sites is 1. The minimum Gasteiger partial charge on any atom is -0.484 e. The molecule has 0 fully saturated rings. The van der Waals surface area contributed by atoms with Gasteiger partial charge in [0.2, 0.25) is 0 Å². The molecule has 2 aromatic heterocycles. The third kappa shape index (κ3) is 4.49. The highest BCUT2D eigenvalue weighted by Gasteiger charge is 2.13. The van der Waals surface area contributed by atoms with Crippen molar-refractivity contribution in [3.05, 3.63) is 78.0 Å². The van der Waals surface area contributed by atoms with Gasteiger partial charge in [-0.3, -0.25) is 4.79 Å². The van der Waals surface area contributed by atoms with Gasteiger partial charge in [0.25, 0.3) is 5.91 Å². The first-order chi connectivity index (χ1) is 14.6. The SMILES string of the molecule is CCCc1ccc(OCC(=O)Nc2cc(C)nn2-c2ccc3ccccc3n2)cc1. The fourth-order valence-electron chi connectivity index (χ4n) is 3.31. The number of nitrogens with one attached hydrogen (secondary N) is 1. The number of hydrogen-bond acceptors (Lipinski definition) is 4. The summed E-state index contributed by atoms with van der Waals surface area (Å²) in [4.78, 5) is 17.1. The number of amides is 1. The Morgan fingerprint density at radius 1 is 1.07 bits per heavy atom. The molecule has 0 saturated carbocycles. The Kier molecular flexibility index (Phi) is 5.75. The minimum absolute atomic E-state index is 0.0809. The molecule has 2 aromatic carbocycles. The Balaban J connectivity index is 1.46. The molecule has 0 radical (unpaired) electrons. The number of ether oxygens (including phenoxy) is 1. The summed E-state index contributed by atoms with van der Waals surface area (Å²) in [6.07, 6.45) is 2.13. The number of fused-ring (bicyclic) bond motifs is 1. The van der Waals surface area contributed by atoms with E-state index in [2.05, 4.69) is 22.3 Å². The first kappa shape index (κ1) is 19.6. The van der Waals surface area contributed by atoms with Crippen molar-refractivity contribution in [1.29, 1.82) is 0 Å². The van der Waals surface area contributed by atoms with Gasteiger partial charge in [-0.05, 0) is 49.2 Å². The molecule has 6 heteroatoms. The first-order valence-electron chi connectivity index (χ1n) is 10.1. The van der Waals surface area contributed by atoms with Crippen LogP contribution in [0.1, 0.15) is 24.6 Å². The van der Waals surface area contributed by atoms with E-state index in [4.69, 9.17) is 4.74 Å². The molecule has 2 heterocycles. The average molecular weight is 400 g/mol. The molecule has 30 heavy (non-hydrogen) atoms. The second kappa shape index (κ2) is 8.78. The van der Waals surface area contributed by atoms with E-state index in [0.29, 0.717) is 17.4 Å². The van der Waals surface area contributed by atoms with E-state index in [9.17, 15) is 4.79 Å². The quantitative estimate of drug-likeness (QED) is 0.488. The molecule has 152 valence electrons. The lowest BCUT2D eigenvalue weighted by Crippen LogP contribution is -2.22. The Hall–Kier alpha value is -3.67. The normalized spacial score (nSPS) is 10.9. The van der Waals surface area contributed by atoms with E-state index in [1.165, 1.54) is 5.56 Å². The van der Waals surface area contributed by atoms with Gasteiger partial charge >= 0.3 is 0 Å². The number of nitrogens with zero attached hydrogens (tertiary/aromatic N) is 3. The van der Waals surface area contributed by atoms with E-state index >= 15 is 0 Å². The molecule has 0 spiro atoms. The molecule has 1 N–H and O–H groups in total. The van der Waals surface area contributed by atoms with Gasteiger partial charge in [-0.2, -0.15) is 9.78 Å². The number of anilines is 1. The molecule has 0 saturated heterocycles. The Morgan fingerprint density at radius 3 is 2.67 bits per heavy atom. The van der Waals surface area contributed by atoms with E-state index in [1.54, 1.807) is 4.68 Å². The highest BCUT2D eigenvalue weighted by molar-refractivity contribution is 5.91. The van der Waals surface area contributed by atoms with Crippen LogP contribution >= 0.6 is 0 Å². The maximum atomic E-state index is 12.5. The van der Waals surface area contributed by atoms with Gasteiger partial charge in [-0.1, -0.05) is 43.7 Å². The van der Waals surface area contributed by atoms with Crippen LogP contribution in [-0.4, -0.2) is 27.3 Å². The molecule has 0 atom stereocenters. The highest BCUT2D eigenvalue weighted by atomic mass is 16.5. The summed E-state index contributed by atoms with van der Waals surface area (Å²) in [5.74, 6) is 1.62. The first-order valence-corrected chi connectivity index (χ1v) is 10.1. The van der Waals surface area contributed by atoms with Gasteiger partial charge in [0.05, 0.1) is 11.2 Å². The van der Waals surface area contributed by atoms with Gasteiger partial charge in [-0.25, -0.2) is 4.98 Å². The third-order valence-corrected chi connectivity index (χ3v) is 4.73. The maximum absolute atomic E-state index is 12.5. The standard InChI is InChI=1S/C24H24N4O2/c1-3-6-18-9-12-20(13-10-18)30-16-24(29)26-23-15-17(2)27-28(23)22-14-11-19-7-4-5-8-21(19)25-22/h4-5,7-15H,3,6,16H2,1-2H3,(H,26,29). The third-order valence-electron chi connectivity index (χ3n) is 4.73. The number of hydrogen-bond donors (Lipinski definition) is 1. The number of rotatable bonds is 7. The molecule has 4 rings (SSSR count). The zero-order chi connectivity index (χ0) is 20.9. The summed E-state index contributed by atoms with van der Waals surface area (Å²) in [7, 11) is 0. The summed E-state index contributed by atoms with van der Waals surface area (Å²) in [6.45, 7) is 3.94. The van der Waals surface area contributed by atoms with Gasteiger partial charge in [-0.15, -0.1) is 0 Å². The fraction of sp³-hybridized carbons (Fsp3) is 0.208. The van der Waals surface area contributed by atoms with Crippen molar-refractivity contribution in [1.82, 2.24) is 14.8 Å². The fourth-order valence-corrected chi connectivity index (χ4v) is 3.31. The van der Waals surface area contributed by atoms with Gasteiger partial charge in [0.1, 0.15) is 11.6 Å². The molecule has 0 aliphatic heterocycles. The van der Waals surface area contributed by atoms with E-state index < -0.39 is 0 Å². The highest BCUT2D eigenvalue weighted by Crippen LogP contribution is 2.19. The number of aryl methyl sites for hydroxylation is 2. The Bertz CT molecular complexity index is 1170. The van der Waals surface area contributed by atoms with Crippen LogP contribution in [0.3, 0.4) is 0 Å². The van der Waals surface area contributed by atoms with Crippen molar-refractivity contribution in [2.45, 2.75) is 26.7 Å². The maximum Gasteiger partial charge on any atom is 0.263 e. The summed E-state index contributed by atoms with van der Waals surface area (Å²) >= 11 is 0. The number of carbonyl (C=O) groups is 1. The summed E-state index contributed by atoms with van der Waals surface area (Å²) < 4.78 is 7.26. The molecule has 6 nitrogen and oxygen atoms in total. The minimum atomic E-state index is -0.255. The Labute approximate surface area is 175 Å². The van der Waals surface area contributed by atoms with E-state index in [1.807, 2.05) is 73.7 Å². The van der Waals surface area contributed by atoms with Crippen LogP contribution in [0.15, 0.2) is 66.7 Å². The monoisotopic (exact) mass is 400 g/mol. The van der Waals surface area contributed by atoms with Crippen molar-refractivity contribution in [2.75, 3.05) is 11.9 Å². The van der Waals surface area contributed by atoms with E-state index in [-0.39, 0.29) is 12.5 Å². The zero-order valence-electron chi connectivity index (χ0n) is 17.1. The van der Waals surface area contributed by atoms with Crippen molar-refractivity contribution in [3.63, 3.8) is 0 Å². The molecule has 0 unspecified atom stereocenters. The second-order valence-corrected chi connectivity index (χ2v) is 7.18. The largest absolute Gasteiger partial charge is 0.484 e. The molecule has 0 aliphatic rings. The average Bonchev–Trinajstić information content (AvgIpc) is 3.13. The number of pyridine rings is 1.